The van der Waals surface area contributed by atoms with Gasteiger partial charge >= 0.3 is 0 Å². The molecule has 2 fully saturated rings. The maximum absolute atomic E-state index is 12.9. The highest BCUT2D eigenvalue weighted by molar-refractivity contribution is 5.96. The number of para-hydroxylation sites is 1. The van der Waals surface area contributed by atoms with E-state index >= 15 is 0 Å². The van der Waals surface area contributed by atoms with Crippen molar-refractivity contribution in [2.75, 3.05) is 32.8 Å². The number of piperidine rings is 1. The Kier molecular flexibility index (Phi) is 6.85. The van der Waals surface area contributed by atoms with Gasteiger partial charge in [0, 0.05) is 13.2 Å². The fourth-order valence-corrected chi connectivity index (χ4v) is 4.14. The van der Waals surface area contributed by atoms with Gasteiger partial charge in [-0.25, -0.2) is 0 Å². The van der Waals surface area contributed by atoms with Crippen molar-refractivity contribution in [3.63, 3.8) is 0 Å². The van der Waals surface area contributed by atoms with Gasteiger partial charge < -0.3 is 19.2 Å². The van der Waals surface area contributed by atoms with E-state index in [1.54, 1.807) is 6.26 Å². The van der Waals surface area contributed by atoms with Gasteiger partial charge in [0.25, 0.3) is 5.91 Å². The zero-order valence-corrected chi connectivity index (χ0v) is 16.8. The summed E-state index contributed by atoms with van der Waals surface area (Å²) >= 11 is 0. The van der Waals surface area contributed by atoms with E-state index in [0.717, 1.165) is 38.3 Å². The summed E-state index contributed by atoms with van der Waals surface area (Å²) in [5.74, 6) is 1.38. The first kappa shape index (κ1) is 20.0. The molecule has 4 rings (SSSR count). The summed E-state index contributed by atoms with van der Waals surface area (Å²) in [6.07, 6.45) is 7.53. The summed E-state index contributed by atoms with van der Waals surface area (Å²) in [6, 6.07) is 11.4. The molecule has 0 aliphatic carbocycles. The van der Waals surface area contributed by atoms with Crippen molar-refractivity contribution in [2.24, 2.45) is 0 Å². The number of likely N-dealkylation sites (tertiary alicyclic amines) is 1. The molecule has 0 spiro atoms. The Morgan fingerprint density at radius 1 is 1.14 bits per heavy atom. The largest absolute Gasteiger partial charge is 0.490 e. The van der Waals surface area contributed by atoms with Gasteiger partial charge in [-0.05, 0) is 63.0 Å². The lowest BCUT2D eigenvalue weighted by Crippen LogP contribution is -2.40. The second-order valence-electron chi connectivity index (χ2n) is 7.78. The molecule has 2 saturated heterocycles. The summed E-state index contributed by atoms with van der Waals surface area (Å²) in [4.78, 5) is 15.4. The van der Waals surface area contributed by atoms with Gasteiger partial charge in [0.2, 0.25) is 0 Å². The van der Waals surface area contributed by atoms with E-state index in [4.69, 9.17) is 13.9 Å². The van der Waals surface area contributed by atoms with Gasteiger partial charge in [0.1, 0.15) is 18.1 Å². The van der Waals surface area contributed by atoms with E-state index in [1.165, 1.54) is 19.3 Å². The Morgan fingerprint density at radius 3 is 2.76 bits per heavy atom. The first-order valence-corrected chi connectivity index (χ1v) is 10.7. The molecule has 2 aliphatic heterocycles. The summed E-state index contributed by atoms with van der Waals surface area (Å²) in [5.41, 5.74) is 0.558. The van der Waals surface area contributed by atoms with E-state index in [-0.39, 0.29) is 18.1 Å². The fraction of sp³-hybridized carbons (Fsp3) is 0.522. The zero-order valence-electron chi connectivity index (χ0n) is 16.8. The van der Waals surface area contributed by atoms with Crippen LogP contribution in [0.25, 0.3) is 0 Å². The molecule has 0 radical (unpaired) electrons. The smallest absolute Gasteiger partial charge is 0.255 e. The van der Waals surface area contributed by atoms with Gasteiger partial charge in [0.15, 0.2) is 0 Å². The molecule has 3 heterocycles. The average Bonchev–Trinajstić information content (AvgIpc) is 3.48. The van der Waals surface area contributed by atoms with Crippen molar-refractivity contribution < 1.29 is 18.7 Å². The van der Waals surface area contributed by atoms with Crippen LogP contribution in [-0.2, 0) is 4.74 Å². The van der Waals surface area contributed by atoms with Crippen LogP contribution in [0.15, 0.2) is 47.1 Å². The molecule has 1 aromatic heterocycles. The molecule has 1 amide bonds. The number of amides is 1. The van der Waals surface area contributed by atoms with Crippen LogP contribution in [0.5, 0.6) is 5.75 Å². The summed E-state index contributed by atoms with van der Waals surface area (Å²) in [5, 5.41) is 3.10. The van der Waals surface area contributed by atoms with Gasteiger partial charge in [-0.3, -0.25) is 9.69 Å². The number of furan rings is 1. The molecule has 2 atom stereocenters. The number of carbonyl (C=O) groups excluding carboxylic acids is 1. The maximum atomic E-state index is 12.9. The normalized spacial score (nSPS) is 21.0. The predicted octanol–water partition coefficient (Wildman–Crippen LogP) is 3.79. The molecule has 6 heteroatoms. The third kappa shape index (κ3) is 5.19. The monoisotopic (exact) mass is 398 g/mol. The quantitative estimate of drug-likeness (QED) is 0.733. The van der Waals surface area contributed by atoms with Crippen LogP contribution in [0.2, 0.25) is 0 Å². The Hall–Kier alpha value is -2.31. The van der Waals surface area contributed by atoms with Gasteiger partial charge in [-0.2, -0.15) is 0 Å². The Balaban J connectivity index is 1.40. The van der Waals surface area contributed by atoms with Crippen molar-refractivity contribution in [2.45, 2.75) is 44.2 Å². The summed E-state index contributed by atoms with van der Waals surface area (Å²) in [7, 11) is 0. The predicted molar refractivity (Wildman–Crippen MR) is 110 cm³/mol. The lowest BCUT2D eigenvalue weighted by atomic mass is 10.1. The Labute approximate surface area is 172 Å². The molecule has 2 aromatic rings. The first-order chi connectivity index (χ1) is 14.3. The van der Waals surface area contributed by atoms with E-state index < -0.39 is 0 Å². The second-order valence-corrected chi connectivity index (χ2v) is 7.78. The van der Waals surface area contributed by atoms with Crippen LogP contribution in [-0.4, -0.2) is 49.8 Å². The zero-order chi connectivity index (χ0) is 19.9. The molecule has 1 aromatic carbocycles. The molecule has 0 saturated carbocycles. The maximum Gasteiger partial charge on any atom is 0.255 e. The third-order valence-corrected chi connectivity index (χ3v) is 5.74. The second kappa shape index (κ2) is 9.94. The average molecular weight is 399 g/mol. The highest BCUT2D eigenvalue weighted by atomic mass is 16.5. The topological polar surface area (TPSA) is 63.9 Å². The molecule has 156 valence electrons. The van der Waals surface area contributed by atoms with E-state index in [9.17, 15) is 4.79 Å². The summed E-state index contributed by atoms with van der Waals surface area (Å²) in [6.45, 7) is 3.84. The molecular formula is C23H30N2O4. The van der Waals surface area contributed by atoms with Crippen molar-refractivity contribution in [3.05, 3.63) is 54.0 Å². The third-order valence-electron chi connectivity index (χ3n) is 5.74. The SMILES string of the molecule is O=C(NCC(c1ccco1)N1CCCCC1)c1ccccc1OCC1CCCO1. The first-order valence-electron chi connectivity index (χ1n) is 10.7. The Morgan fingerprint density at radius 2 is 2.00 bits per heavy atom. The van der Waals surface area contributed by atoms with Crippen LogP contribution in [0, 0.1) is 0 Å². The number of nitrogens with zero attached hydrogens (tertiary/aromatic N) is 1. The number of carbonyl (C=O) groups is 1. The highest BCUT2D eigenvalue weighted by Crippen LogP contribution is 2.25. The number of hydrogen-bond acceptors (Lipinski definition) is 5. The van der Waals surface area contributed by atoms with Crippen LogP contribution in [0.1, 0.15) is 54.3 Å². The number of hydrogen-bond donors (Lipinski definition) is 1. The Bertz CT molecular complexity index is 765. The van der Waals surface area contributed by atoms with Crippen LogP contribution < -0.4 is 10.1 Å². The molecule has 6 nitrogen and oxygen atoms in total. The summed E-state index contributed by atoms with van der Waals surface area (Å²) < 4.78 is 17.2. The van der Waals surface area contributed by atoms with Gasteiger partial charge in [0.05, 0.1) is 24.0 Å². The van der Waals surface area contributed by atoms with E-state index in [2.05, 4.69) is 10.2 Å². The number of ether oxygens (including phenoxy) is 2. The van der Waals surface area contributed by atoms with Gasteiger partial charge in [-0.1, -0.05) is 18.6 Å². The van der Waals surface area contributed by atoms with Crippen molar-refractivity contribution in [1.82, 2.24) is 10.2 Å². The molecule has 2 aliphatic rings. The van der Waals surface area contributed by atoms with E-state index in [1.807, 2.05) is 36.4 Å². The minimum absolute atomic E-state index is 0.0502. The molecule has 0 bridgehead atoms. The van der Waals surface area contributed by atoms with Gasteiger partial charge in [-0.15, -0.1) is 0 Å². The van der Waals surface area contributed by atoms with E-state index in [0.29, 0.717) is 24.5 Å². The number of rotatable bonds is 8. The lowest BCUT2D eigenvalue weighted by molar-refractivity contribution is 0.0669. The van der Waals surface area contributed by atoms with Crippen LogP contribution in [0.4, 0.5) is 0 Å². The molecule has 2 unspecified atom stereocenters. The number of nitrogens with one attached hydrogen (secondary N) is 1. The number of benzene rings is 1. The fourth-order valence-electron chi connectivity index (χ4n) is 4.14. The van der Waals surface area contributed by atoms with Crippen molar-refractivity contribution in [1.29, 1.82) is 0 Å². The molecule has 1 N–H and O–H groups in total. The minimum Gasteiger partial charge on any atom is -0.490 e. The minimum atomic E-state index is -0.124. The standard InChI is InChI=1S/C23H30N2O4/c26-23(19-9-2-3-10-21(19)29-17-18-8-6-14-27-18)24-16-20(22-11-7-15-28-22)25-12-4-1-5-13-25/h2-3,7,9-11,15,18,20H,1,4-6,8,12-14,16-17H2,(H,24,26). The van der Waals surface area contributed by atoms with Crippen LogP contribution >= 0.6 is 0 Å². The highest BCUT2D eigenvalue weighted by Gasteiger charge is 2.25. The van der Waals surface area contributed by atoms with Crippen LogP contribution in [0.3, 0.4) is 0 Å². The lowest BCUT2D eigenvalue weighted by Gasteiger charge is -2.33. The molecular weight excluding hydrogens is 368 g/mol. The molecule has 29 heavy (non-hydrogen) atoms. The van der Waals surface area contributed by atoms with Crippen molar-refractivity contribution in [3.8, 4) is 5.75 Å². The van der Waals surface area contributed by atoms with Crippen molar-refractivity contribution >= 4 is 5.91 Å².